The van der Waals surface area contributed by atoms with Crippen LogP contribution in [0.3, 0.4) is 0 Å². The van der Waals surface area contributed by atoms with Crippen LogP contribution in [0.4, 0.5) is 0 Å². The molecule has 0 bridgehead atoms. The Kier molecular flexibility index (Phi) is 7.10. The van der Waals surface area contributed by atoms with Crippen molar-refractivity contribution in [1.82, 2.24) is 5.32 Å². The van der Waals surface area contributed by atoms with Crippen molar-refractivity contribution in [3.05, 3.63) is 71.3 Å². The van der Waals surface area contributed by atoms with Gasteiger partial charge >= 0.3 is 5.97 Å². The van der Waals surface area contributed by atoms with Crippen LogP contribution in [0.25, 0.3) is 0 Å². The van der Waals surface area contributed by atoms with Crippen molar-refractivity contribution in [3.8, 4) is 0 Å². The molecule has 0 aliphatic carbocycles. The molecule has 0 fully saturated rings. The first kappa shape index (κ1) is 19.9. The molecule has 138 valence electrons. The van der Waals surface area contributed by atoms with Crippen LogP contribution in [0, 0.1) is 0 Å². The Morgan fingerprint density at radius 3 is 2.35 bits per heavy atom. The summed E-state index contributed by atoms with van der Waals surface area (Å²) in [4.78, 5) is 24.4. The van der Waals surface area contributed by atoms with E-state index in [1.807, 2.05) is 68.4 Å². The maximum atomic E-state index is 12.8. The molecule has 2 rings (SSSR count). The molecule has 0 radical (unpaired) electrons. The number of ketones is 1. The number of Topliss-reactive ketones (excluding diaryl/α,β-unsaturated/α-hetero) is 1. The van der Waals surface area contributed by atoms with Gasteiger partial charge in [-0.05, 0) is 31.9 Å². The monoisotopic (exact) mass is 353 g/mol. The second-order valence-electron chi connectivity index (χ2n) is 6.74. The summed E-state index contributed by atoms with van der Waals surface area (Å²) in [7, 11) is 0. The van der Waals surface area contributed by atoms with Gasteiger partial charge in [-0.25, -0.2) is 0 Å². The van der Waals surface area contributed by atoms with E-state index in [4.69, 9.17) is 4.74 Å². The fourth-order valence-corrected chi connectivity index (χ4v) is 2.95. The number of hydrogen-bond acceptors (Lipinski definition) is 4. The van der Waals surface area contributed by atoms with Gasteiger partial charge in [-0.15, -0.1) is 0 Å². The van der Waals surface area contributed by atoms with Gasteiger partial charge in [0.05, 0.1) is 13.0 Å². The van der Waals surface area contributed by atoms with E-state index in [0.29, 0.717) is 31.6 Å². The number of nitrogens with one attached hydrogen (secondary N) is 1. The van der Waals surface area contributed by atoms with Gasteiger partial charge in [0.25, 0.3) is 0 Å². The van der Waals surface area contributed by atoms with E-state index in [9.17, 15) is 9.59 Å². The van der Waals surface area contributed by atoms with E-state index in [1.165, 1.54) is 0 Å². The zero-order valence-corrected chi connectivity index (χ0v) is 15.7. The third-order valence-corrected chi connectivity index (χ3v) is 4.31. The lowest BCUT2D eigenvalue weighted by atomic mass is 9.87. The maximum Gasteiger partial charge on any atom is 0.307 e. The molecule has 2 aromatic rings. The highest BCUT2D eigenvalue weighted by atomic mass is 16.5. The van der Waals surface area contributed by atoms with Crippen LogP contribution >= 0.6 is 0 Å². The summed E-state index contributed by atoms with van der Waals surface area (Å²) >= 11 is 0. The van der Waals surface area contributed by atoms with Crippen molar-refractivity contribution in [2.24, 2.45) is 0 Å². The summed E-state index contributed by atoms with van der Waals surface area (Å²) in [6.45, 7) is 6.72. The van der Waals surface area contributed by atoms with Gasteiger partial charge in [-0.1, -0.05) is 54.6 Å². The average Bonchev–Trinajstić information content (AvgIpc) is 2.62. The van der Waals surface area contributed by atoms with Crippen molar-refractivity contribution in [2.75, 3.05) is 13.2 Å². The SMILES string of the molecule is CCOC(=O)CCNC(C)(C)c1ccccc1C(=O)Cc1ccccc1. The highest BCUT2D eigenvalue weighted by molar-refractivity contribution is 5.99. The lowest BCUT2D eigenvalue weighted by Gasteiger charge is -2.29. The summed E-state index contributed by atoms with van der Waals surface area (Å²) in [5, 5.41) is 3.37. The molecule has 0 aliphatic heterocycles. The predicted molar refractivity (Wildman–Crippen MR) is 103 cm³/mol. The first-order valence-electron chi connectivity index (χ1n) is 9.01. The van der Waals surface area contributed by atoms with Crippen molar-refractivity contribution >= 4 is 11.8 Å². The smallest absolute Gasteiger partial charge is 0.307 e. The molecule has 0 unspecified atom stereocenters. The van der Waals surface area contributed by atoms with Crippen LogP contribution in [-0.4, -0.2) is 24.9 Å². The zero-order chi connectivity index (χ0) is 19.0. The van der Waals surface area contributed by atoms with Crippen LogP contribution in [0.1, 0.15) is 48.7 Å². The fourth-order valence-electron chi connectivity index (χ4n) is 2.95. The number of carbonyl (C=O) groups is 2. The molecule has 0 amide bonds. The minimum atomic E-state index is -0.435. The maximum absolute atomic E-state index is 12.8. The minimum absolute atomic E-state index is 0.0899. The van der Waals surface area contributed by atoms with Crippen molar-refractivity contribution < 1.29 is 14.3 Å². The van der Waals surface area contributed by atoms with E-state index >= 15 is 0 Å². The lowest BCUT2D eigenvalue weighted by molar-refractivity contribution is -0.143. The fraction of sp³-hybridized carbons (Fsp3) is 0.364. The van der Waals surface area contributed by atoms with Gasteiger partial charge in [0.15, 0.2) is 5.78 Å². The van der Waals surface area contributed by atoms with Crippen LogP contribution in [0.5, 0.6) is 0 Å². The van der Waals surface area contributed by atoms with E-state index in [0.717, 1.165) is 11.1 Å². The average molecular weight is 353 g/mol. The van der Waals surface area contributed by atoms with Crippen LogP contribution in [-0.2, 0) is 21.5 Å². The molecule has 4 heteroatoms. The summed E-state index contributed by atoms with van der Waals surface area (Å²) in [5.41, 5.74) is 2.21. The normalized spacial score (nSPS) is 11.2. The minimum Gasteiger partial charge on any atom is -0.466 e. The molecule has 26 heavy (non-hydrogen) atoms. The molecule has 0 saturated carbocycles. The van der Waals surface area contributed by atoms with Gasteiger partial charge in [-0.2, -0.15) is 0 Å². The number of carbonyl (C=O) groups excluding carboxylic acids is 2. The van der Waals surface area contributed by atoms with Gasteiger partial charge in [0.2, 0.25) is 0 Å². The Bertz CT molecular complexity index is 738. The molecule has 4 nitrogen and oxygen atoms in total. The van der Waals surface area contributed by atoms with Crippen molar-refractivity contribution in [1.29, 1.82) is 0 Å². The Balaban J connectivity index is 2.11. The molecular weight excluding hydrogens is 326 g/mol. The largest absolute Gasteiger partial charge is 0.466 e. The van der Waals surface area contributed by atoms with E-state index in [2.05, 4.69) is 5.32 Å². The van der Waals surface area contributed by atoms with Crippen molar-refractivity contribution in [2.45, 2.75) is 39.2 Å². The Hall–Kier alpha value is -2.46. The number of esters is 1. The molecule has 0 spiro atoms. The second kappa shape index (κ2) is 9.30. The number of rotatable bonds is 9. The molecule has 1 N–H and O–H groups in total. The Morgan fingerprint density at radius 2 is 1.65 bits per heavy atom. The van der Waals surface area contributed by atoms with Crippen molar-refractivity contribution in [3.63, 3.8) is 0 Å². The molecule has 0 heterocycles. The predicted octanol–water partition coefficient (Wildman–Crippen LogP) is 3.89. The van der Waals surface area contributed by atoms with E-state index in [1.54, 1.807) is 6.92 Å². The molecular formula is C22H27NO3. The van der Waals surface area contributed by atoms with Gasteiger partial charge in [0.1, 0.15) is 0 Å². The second-order valence-corrected chi connectivity index (χ2v) is 6.74. The molecule has 0 aliphatic rings. The van der Waals surface area contributed by atoms with Gasteiger partial charge in [-0.3, -0.25) is 9.59 Å². The first-order valence-corrected chi connectivity index (χ1v) is 9.01. The van der Waals surface area contributed by atoms with E-state index < -0.39 is 5.54 Å². The molecule has 0 saturated heterocycles. The lowest BCUT2D eigenvalue weighted by Crippen LogP contribution is -2.39. The quantitative estimate of drug-likeness (QED) is 0.549. The number of hydrogen-bond donors (Lipinski definition) is 1. The van der Waals surface area contributed by atoms with Gasteiger partial charge < -0.3 is 10.1 Å². The van der Waals surface area contributed by atoms with Crippen LogP contribution in [0.2, 0.25) is 0 Å². The Morgan fingerprint density at radius 1 is 1.00 bits per heavy atom. The van der Waals surface area contributed by atoms with Crippen LogP contribution < -0.4 is 5.32 Å². The standard InChI is InChI=1S/C22H27NO3/c1-4-26-21(25)14-15-23-22(2,3)19-13-9-8-12-18(19)20(24)16-17-10-6-5-7-11-17/h5-13,23H,4,14-16H2,1-3H3. The summed E-state index contributed by atoms with van der Waals surface area (Å²) in [6, 6.07) is 17.4. The third kappa shape index (κ3) is 5.53. The number of benzene rings is 2. The molecule has 2 aromatic carbocycles. The molecule has 0 atom stereocenters. The highest BCUT2D eigenvalue weighted by Crippen LogP contribution is 2.25. The zero-order valence-electron chi connectivity index (χ0n) is 15.7. The summed E-state index contributed by atoms with van der Waals surface area (Å²) in [5.74, 6) is -0.128. The van der Waals surface area contributed by atoms with Gasteiger partial charge in [0, 0.05) is 24.1 Å². The van der Waals surface area contributed by atoms with E-state index in [-0.39, 0.29) is 11.8 Å². The third-order valence-electron chi connectivity index (χ3n) is 4.31. The summed E-state index contributed by atoms with van der Waals surface area (Å²) < 4.78 is 4.96. The number of ether oxygens (including phenoxy) is 1. The highest BCUT2D eigenvalue weighted by Gasteiger charge is 2.25. The van der Waals surface area contributed by atoms with Crippen LogP contribution in [0.15, 0.2) is 54.6 Å². The Labute approximate surface area is 155 Å². The summed E-state index contributed by atoms with van der Waals surface area (Å²) in [6.07, 6.45) is 0.675. The molecule has 0 aromatic heterocycles. The first-order chi connectivity index (χ1) is 12.4. The topological polar surface area (TPSA) is 55.4 Å².